The van der Waals surface area contributed by atoms with Gasteiger partial charge in [-0.25, -0.2) is 10.3 Å². The number of rotatable bonds is 5. The van der Waals surface area contributed by atoms with E-state index in [2.05, 4.69) is 17.6 Å². The molecular formula is C16H19NO3. The lowest BCUT2D eigenvalue weighted by Crippen LogP contribution is -2.09. The van der Waals surface area contributed by atoms with E-state index in [9.17, 15) is 4.79 Å². The first kappa shape index (κ1) is 15.9. The summed E-state index contributed by atoms with van der Waals surface area (Å²) >= 11 is 0. The second kappa shape index (κ2) is 9.72. The zero-order chi connectivity index (χ0) is 14.6. The van der Waals surface area contributed by atoms with E-state index in [1.807, 2.05) is 18.2 Å². The molecule has 106 valence electrons. The minimum atomic E-state index is -0.879. The Labute approximate surface area is 118 Å². The third-order valence-electron chi connectivity index (χ3n) is 2.62. The van der Waals surface area contributed by atoms with Gasteiger partial charge >= 0.3 is 5.97 Å². The molecule has 4 heteroatoms. The van der Waals surface area contributed by atoms with Crippen LogP contribution in [0.5, 0.6) is 0 Å². The van der Waals surface area contributed by atoms with Gasteiger partial charge in [-0.2, -0.15) is 0 Å². The molecule has 4 nitrogen and oxygen atoms in total. The summed E-state index contributed by atoms with van der Waals surface area (Å²) in [6.45, 7) is 0.662. The van der Waals surface area contributed by atoms with Crippen LogP contribution >= 0.6 is 0 Å². The van der Waals surface area contributed by atoms with Crippen molar-refractivity contribution in [1.29, 1.82) is 0 Å². The van der Waals surface area contributed by atoms with Crippen molar-refractivity contribution in [3.05, 3.63) is 71.8 Å². The van der Waals surface area contributed by atoms with E-state index in [4.69, 9.17) is 10.3 Å². The Kier molecular flexibility index (Phi) is 7.72. The fourth-order valence-electron chi connectivity index (χ4n) is 1.60. The largest absolute Gasteiger partial charge is 0.478 e. The molecule has 0 unspecified atom stereocenters. The summed E-state index contributed by atoms with van der Waals surface area (Å²) in [5, 5.41) is 16.7. The Hall–Kier alpha value is -2.17. The van der Waals surface area contributed by atoms with Gasteiger partial charge in [-0.15, -0.1) is 0 Å². The van der Waals surface area contributed by atoms with Gasteiger partial charge in [0.2, 0.25) is 0 Å². The van der Waals surface area contributed by atoms with Crippen molar-refractivity contribution in [2.45, 2.75) is 12.8 Å². The van der Waals surface area contributed by atoms with Gasteiger partial charge in [0, 0.05) is 6.54 Å². The predicted octanol–water partition coefficient (Wildman–Crippen LogP) is 2.98. The molecule has 3 N–H and O–H groups in total. The van der Waals surface area contributed by atoms with Crippen molar-refractivity contribution in [3.63, 3.8) is 0 Å². The SMILES string of the molecule is O=C(O)c1ccccc1.ONCCCc1ccccc1. The molecule has 0 saturated carbocycles. The Morgan fingerprint density at radius 2 is 1.50 bits per heavy atom. The van der Waals surface area contributed by atoms with E-state index in [1.54, 1.807) is 30.3 Å². The summed E-state index contributed by atoms with van der Waals surface area (Å²) in [6.07, 6.45) is 1.99. The van der Waals surface area contributed by atoms with Crippen LogP contribution in [-0.4, -0.2) is 22.8 Å². The molecule has 0 amide bonds. The summed E-state index contributed by atoms with van der Waals surface area (Å²) in [5.74, 6) is -0.879. The third kappa shape index (κ3) is 6.68. The number of benzene rings is 2. The number of hydroxylamine groups is 1. The molecule has 0 saturated heterocycles. The van der Waals surface area contributed by atoms with Crippen LogP contribution < -0.4 is 5.48 Å². The van der Waals surface area contributed by atoms with Crippen molar-refractivity contribution in [2.24, 2.45) is 0 Å². The van der Waals surface area contributed by atoms with Crippen molar-refractivity contribution < 1.29 is 15.1 Å². The quantitative estimate of drug-likeness (QED) is 0.578. The first-order chi connectivity index (χ1) is 9.74. The van der Waals surface area contributed by atoms with Gasteiger partial charge in [-0.05, 0) is 30.5 Å². The zero-order valence-corrected chi connectivity index (χ0v) is 11.2. The lowest BCUT2D eigenvalue weighted by molar-refractivity contribution is 0.0697. The topological polar surface area (TPSA) is 69.6 Å². The molecule has 0 aliphatic carbocycles. The lowest BCUT2D eigenvalue weighted by atomic mass is 10.1. The first-order valence-corrected chi connectivity index (χ1v) is 6.43. The molecular weight excluding hydrogens is 254 g/mol. The Morgan fingerprint density at radius 3 is 1.95 bits per heavy atom. The molecule has 2 aromatic rings. The number of nitrogens with one attached hydrogen (secondary N) is 1. The summed E-state index contributed by atoms with van der Waals surface area (Å²) in [4.78, 5) is 10.2. The summed E-state index contributed by atoms with van der Waals surface area (Å²) in [7, 11) is 0. The molecule has 0 heterocycles. The number of aryl methyl sites for hydroxylation is 1. The van der Waals surface area contributed by atoms with Gasteiger partial charge in [0.05, 0.1) is 5.56 Å². The standard InChI is InChI=1S/C9H13NO.C7H6O2/c11-10-8-4-7-9-5-2-1-3-6-9;8-7(9)6-4-2-1-3-5-6/h1-3,5-6,10-11H,4,7-8H2;1-5H,(H,8,9). The van der Waals surface area contributed by atoms with Crippen molar-refractivity contribution >= 4 is 5.97 Å². The Bertz CT molecular complexity index is 486. The minimum Gasteiger partial charge on any atom is -0.478 e. The fraction of sp³-hybridized carbons (Fsp3) is 0.188. The van der Waals surface area contributed by atoms with Crippen molar-refractivity contribution in [3.8, 4) is 0 Å². The van der Waals surface area contributed by atoms with Crippen LogP contribution in [0.25, 0.3) is 0 Å². The molecule has 0 aliphatic heterocycles. The molecule has 2 rings (SSSR count). The normalized spacial score (nSPS) is 9.45. The molecule has 0 radical (unpaired) electrons. The summed E-state index contributed by atoms with van der Waals surface area (Å²) < 4.78 is 0. The average Bonchev–Trinajstić information content (AvgIpc) is 2.50. The van der Waals surface area contributed by atoms with Crippen LogP contribution in [0.2, 0.25) is 0 Å². The monoisotopic (exact) mass is 273 g/mol. The van der Waals surface area contributed by atoms with Gasteiger partial charge in [-0.3, -0.25) is 0 Å². The average molecular weight is 273 g/mol. The van der Waals surface area contributed by atoms with Crippen LogP contribution in [0, 0.1) is 0 Å². The summed E-state index contributed by atoms with van der Waals surface area (Å²) in [6, 6.07) is 18.6. The van der Waals surface area contributed by atoms with E-state index in [0.29, 0.717) is 12.1 Å². The second-order valence-corrected chi connectivity index (χ2v) is 4.17. The number of carbonyl (C=O) groups is 1. The van der Waals surface area contributed by atoms with Crippen LogP contribution in [0.1, 0.15) is 22.3 Å². The van der Waals surface area contributed by atoms with E-state index in [-0.39, 0.29) is 0 Å². The van der Waals surface area contributed by atoms with Crippen LogP contribution in [0.15, 0.2) is 60.7 Å². The van der Waals surface area contributed by atoms with Crippen LogP contribution in [-0.2, 0) is 6.42 Å². The highest BCUT2D eigenvalue weighted by molar-refractivity contribution is 5.87. The molecule has 2 aromatic carbocycles. The van der Waals surface area contributed by atoms with E-state index in [1.165, 1.54) is 5.56 Å². The zero-order valence-electron chi connectivity index (χ0n) is 11.2. The van der Waals surface area contributed by atoms with Crippen LogP contribution in [0.4, 0.5) is 0 Å². The maximum Gasteiger partial charge on any atom is 0.335 e. The van der Waals surface area contributed by atoms with Crippen molar-refractivity contribution in [1.82, 2.24) is 5.48 Å². The Morgan fingerprint density at radius 1 is 0.950 bits per heavy atom. The highest BCUT2D eigenvalue weighted by atomic mass is 16.5. The van der Waals surface area contributed by atoms with Gasteiger partial charge < -0.3 is 10.3 Å². The molecule has 0 fully saturated rings. The highest BCUT2D eigenvalue weighted by Crippen LogP contribution is 2.00. The molecule has 0 bridgehead atoms. The Balaban J connectivity index is 0.000000204. The molecule has 0 aliphatic rings. The number of hydrogen-bond donors (Lipinski definition) is 3. The maximum atomic E-state index is 10.2. The summed E-state index contributed by atoms with van der Waals surface area (Å²) in [5.41, 5.74) is 3.79. The molecule has 0 spiro atoms. The predicted molar refractivity (Wildman–Crippen MR) is 78.0 cm³/mol. The highest BCUT2D eigenvalue weighted by Gasteiger charge is 1.96. The van der Waals surface area contributed by atoms with Crippen LogP contribution in [0.3, 0.4) is 0 Å². The number of hydrogen-bond acceptors (Lipinski definition) is 3. The number of carboxylic acids is 1. The van der Waals surface area contributed by atoms with Gasteiger partial charge in [0.15, 0.2) is 0 Å². The van der Waals surface area contributed by atoms with E-state index in [0.717, 1.165) is 12.8 Å². The van der Waals surface area contributed by atoms with E-state index < -0.39 is 5.97 Å². The van der Waals surface area contributed by atoms with Gasteiger partial charge in [0.25, 0.3) is 0 Å². The van der Waals surface area contributed by atoms with Crippen molar-refractivity contribution in [2.75, 3.05) is 6.54 Å². The molecule has 0 atom stereocenters. The third-order valence-corrected chi connectivity index (χ3v) is 2.62. The smallest absolute Gasteiger partial charge is 0.335 e. The second-order valence-electron chi connectivity index (χ2n) is 4.17. The number of aromatic carboxylic acids is 1. The minimum absolute atomic E-state index is 0.331. The van der Waals surface area contributed by atoms with E-state index >= 15 is 0 Å². The number of carboxylic acid groups (broad SMARTS) is 1. The molecule has 20 heavy (non-hydrogen) atoms. The van der Waals surface area contributed by atoms with Gasteiger partial charge in [0.1, 0.15) is 0 Å². The first-order valence-electron chi connectivity index (χ1n) is 6.43. The molecule has 0 aromatic heterocycles. The maximum absolute atomic E-state index is 10.2. The lowest BCUT2D eigenvalue weighted by Gasteiger charge is -1.98. The van der Waals surface area contributed by atoms with Gasteiger partial charge in [-0.1, -0.05) is 48.5 Å². The fourth-order valence-corrected chi connectivity index (χ4v) is 1.60.